The number of ether oxygens (including phenoxy) is 1. The highest BCUT2D eigenvalue weighted by Crippen LogP contribution is 2.36. The highest BCUT2D eigenvalue weighted by Gasteiger charge is 2.27. The van der Waals surface area contributed by atoms with Crippen LogP contribution in [0.15, 0.2) is 36.7 Å². The van der Waals surface area contributed by atoms with E-state index >= 15 is 0 Å². The molecule has 0 aliphatic carbocycles. The molecule has 0 unspecified atom stereocenters. The average molecular weight is 575 g/mol. The lowest BCUT2D eigenvalue weighted by Crippen LogP contribution is -2.50. The third-order valence-corrected chi connectivity index (χ3v) is 7.46. The number of fused-ring (bicyclic) bond motifs is 1. The second kappa shape index (κ2) is 11.0. The van der Waals surface area contributed by atoms with Crippen molar-refractivity contribution < 1.29 is 14.3 Å². The molecule has 1 fully saturated rings. The summed E-state index contributed by atoms with van der Waals surface area (Å²) >= 11 is 1.40. The molecule has 5 rings (SSSR count). The number of aromatic nitrogens is 5. The summed E-state index contributed by atoms with van der Waals surface area (Å²) in [5, 5.41) is 26.9. The summed E-state index contributed by atoms with van der Waals surface area (Å²) in [6.45, 7) is 9.44. The molecule has 1 aliphatic rings. The van der Waals surface area contributed by atoms with Crippen LogP contribution in [0, 0.1) is 11.3 Å². The van der Waals surface area contributed by atoms with E-state index in [0.717, 1.165) is 10.6 Å². The van der Waals surface area contributed by atoms with Crippen molar-refractivity contribution in [3.8, 4) is 28.0 Å². The summed E-state index contributed by atoms with van der Waals surface area (Å²) in [4.78, 5) is 32.8. The lowest BCUT2D eigenvalue weighted by molar-refractivity contribution is -0.118. The molecule has 1 aliphatic heterocycles. The fraction of sp³-hybridized carbons (Fsp3) is 0.370. The average Bonchev–Trinajstić information content (AvgIpc) is 3.59. The van der Waals surface area contributed by atoms with Crippen LogP contribution in [0.5, 0.6) is 0 Å². The second-order valence-corrected chi connectivity index (χ2v) is 11.6. The molecule has 0 bridgehead atoms. The lowest BCUT2D eigenvalue weighted by atomic mass is 10.1. The molecule has 3 N–H and O–H groups in total. The number of anilines is 2. The Kier molecular flexibility index (Phi) is 7.46. The number of nitriles is 1. The summed E-state index contributed by atoms with van der Waals surface area (Å²) in [5.41, 5.74) is 8.82. The van der Waals surface area contributed by atoms with Crippen molar-refractivity contribution in [2.45, 2.75) is 39.3 Å². The van der Waals surface area contributed by atoms with Crippen LogP contribution in [-0.4, -0.2) is 79.5 Å². The van der Waals surface area contributed by atoms with Gasteiger partial charge in [0.1, 0.15) is 17.7 Å². The second-order valence-electron chi connectivity index (χ2n) is 10.6. The normalized spacial score (nSPS) is 14.5. The van der Waals surface area contributed by atoms with E-state index in [0.29, 0.717) is 59.4 Å². The molecule has 4 aromatic rings. The largest absolute Gasteiger partial charge is 0.444 e. The topological polar surface area (TPSA) is 168 Å². The van der Waals surface area contributed by atoms with Gasteiger partial charge in [-0.1, -0.05) is 11.3 Å². The molecular weight excluding hydrogens is 544 g/mol. The van der Waals surface area contributed by atoms with E-state index < -0.39 is 17.6 Å². The SMILES string of the molecule is C[C@@H](Nc1cc(-c2ccc3cc(C#N)cnn23)ncc1-c1nnc(N2CCN(C(=O)OC(C)(C)C)CC2)s1)C(N)=O. The zero-order valence-electron chi connectivity index (χ0n) is 23.2. The van der Waals surface area contributed by atoms with Crippen molar-refractivity contribution in [2.75, 3.05) is 36.4 Å². The van der Waals surface area contributed by atoms with Gasteiger partial charge in [-0.2, -0.15) is 10.4 Å². The summed E-state index contributed by atoms with van der Waals surface area (Å²) in [5.74, 6) is -0.506. The minimum atomic E-state index is -0.655. The highest BCUT2D eigenvalue weighted by atomic mass is 32.1. The first-order valence-electron chi connectivity index (χ1n) is 13.0. The molecule has 14 heteroatoms. The van der Waals surface area contributed by atoms with Crippen LogP contribution < -0.4 is 16.0 Å². The molecule has 0 spiro atoms. The Morgan fingerprint density at radius 2 is 1.90 bits per heavy atom. The fourth-order valence-electron chi connectivity index (χ4n) is 4.30. The van der Waals surface area contributed by atoms with Gasteiger partial charge in [-0.3, -0.25) is 9.78 Å². The number of carbonyl (C=O) groups is 2. The number of nitrogens with one attached hydrogen (secondary N) is 1. The third kappa shape index (κ3) is 6.04. The highest BCUT2D eigenvalue weighted by molar-refractivity contribution is 7.18. The van der Waals surface area contributed by atoms with Gasteiger partial charge >= 0.3 is 6.09 Å². The van der Waals surface area contributed by atoms with Gasteiger partial charge in [0.05, 0.1) is 34.2 Å². The van der Waals surface area contributed by atoms with Gasteiger partial charge < -0.3 is 25.6 Å². The predicted octanol–water partition coefficient (Wildman–Crippen LogP) is 3.13. The van der Waals surface area contributed by atoms with E-state index in [-0.39, 0.29) is 6.09 Å². The third-order valence-electron chi connectivity index (χ3n) is 6.44. The number of hydrogen-bond acceptors (Lipinski definition) is 11. The fourth-order valence-corrected chi connectivity index (χ4v) is 5.22. The number of rotatable bonds is 6. The van der Waals surface area contributed by atoms with Crippen molar-refractivity contribution in [3.05, 3.63) is 42.2 Å². The molecule has 41 heavy (non-hydrogen) atoms. The first kappa shape index (κ1) is 27.8. The maximum Gasteiger partial charge on any atom is 0.410 e. The number of pyridine rings is 1. The molecule has 2 amide bonds. The summed E-state index contributed by atoms with van der Waals surface area (Å²) in [6, 6.07) is 8.73. The van der Waals surface area contributed by atoms with Crippen LogP contribution in [0.1, 0.15) is 33.3 Å². The molecule has 0 aromatic carbocycles. The lowest BCUT2D eigenvalue weighted by Gasteiger charge is -2.35. The molecule has 5 heterocycles. The molecule has 13 nitrogen and oxygen atoms in total. The summed E-state index contributed by atoms with van der Waals surface area (Å²) in [7, 11) is 0. The van der Waals surface area contributed by atoms with Crippen LogP contribution in [0.3, 0.4) is 0 Å². The van der Waals surface area contributed by atoms with Gasteiger partial charge in [-0.15, -0.1) is 10.2 Å². The van der Waals surface area contributed by atoms with Gasteiger partial charge in [0.15, 0.2) is 5.01 Å². The maximum absolute atomic E-state index is 12.4. The van der Waals surface area contributed by atoms with Gasteiger partial charge in [0, 0.05) is 38.1 Å². The van der Waals surface area contributed by atoms with Crippen molar-refractivity contribution in [2.24, 2.45) is 5.73 Å². The number of amides is 2. The van der Waals surface area contributed by atoms with Crippen molar-refractivity contribution in [3.63, 3.8) is 0 Å². The van der Waals surface area contributed by atoms with Crippen molar-refractivity contribution in [1.29, 1.82) is 5.26 Å². The number of piperazine rings is 1. The Balaban J connectivity index is 1.40. The Morgan fingerprint density at radius 3 is 2.59 bits per heavy atom. The molecular formula is C27H30N10O3S. The zero-order chi connectivity index (χ0) is 29.3. The van der Waals surface area contributed by atoms with E-state index in [2.05, 4.69) is 36.6 Å². The van der Waals surface area contributed by atoms with Crippen LogP contribution >= 0.6 is 11.3 Å². The van der Waals surface area contributed by atoms with Gasteiger partial charge in [-0.25, -0.2) is 9.31 Å². The van der Waals surface area contributed by atoms with E-state index in [9.17, 15) is 14.9 Å². The number of carbonyl (C=O) groups excluding carboxylic acids is 2. The molecule has 1 saturated heterocycles. The molecule has 1 atom stereocenters. The van der Waals surface area contributed by atoms with E-state index in [1.54, 1.807) is 28.6 Å². The molecule has 0 radical (unpaired) electrons. The van der Waals surface area contributed by atoms with E-state index in [4.69, 9.17) is 10.5 Å². The summed E-state index contributed by atoms with van der Waals surface area (Å²) in [6.07, 6.45) is 2.85. The molecule has 0 saturated carbocycles. The molecule has 4 aromatic heterocycles. The minimum Gasteiger partial charge on any atom is -0.444 e. The van der Waals surface area contributed by atoms with Gasteiger partial charge in [0.2, 0.25) is 11.0 Å². The predicted molar refractivity (Wildman–Crippen MR) is 154 cm³/mol. The minimum absolute atomic E-state index is 0.322. The summed E-state index contributed by atoms with van der Waals surface area (Å²) < 4.78 is 7.19. The van der Waals surface area contributed by atoms with Crippen molar-refractivity contribution in [1.82, 2.24) is 29.7 Å². The number of hydrogen-bond donors (Lipinski definition) is 2. The Morgan fingerprint density at radius 1 is 1.15 bits per heavy atom. The smallest absolute Gasteiger partial charge is 0.410 e. The van der Waals surface area contributed by atoms with E-state index in [1.165, 1.54) is 17.5 Å². The number of nitrogens with two attached hydrogens (primary N) is 1. The first-order valence-corrected chi connectivity index (χ1v) is 13.8. The van der Waals surface area contributed by atoms with Crippen LogP contribution in [-0.2, 0) is 9.53 Å². The Hall–Kier alpha value is -4.77. The quantitative estimate of drug-likeness (QED) is 0.349. The van der Waals surface area contributed by atoms with Gasteiger partial charge in [0.25, 0.3) is 0 Å². The molecule has 212 valence electrons. The number of primary amides is 1. The zero-order valence-corrected chi connectivity index (χ0v) is 24.0. The van der Waals surface area contributed by atoms with Crippen LogP contribution in [0.2, 0.25) is 0 Å². The Labute approximate surface area is 240 Å². The Bertz CT molecular complexity index is 1640. The van der Waals surface area contributed by atoms with Gasteiger partial charge in [-0.05, 0) is 52.0 Å². The van der Waals surface area contributed by atoms with Crippen molar-refractivity contribution >= 4 is 39.7 Å². The number of nitrogens with zero attached hydrogens (tertiary/aromatic N) is 8. The van der Waals surface area contributed by atoms with Crippen LogP contribution in [0.4, 0.5) is 15.6 Å². The first-order chi connectivity index (χ1) is 19.5. The standard InChI is InChI=1S/C27H30N10O3S/c1-16(23(29)38)32-20-12-21(22-6-5-18-11-17(13-28)14-31-37(18)22)30-15-19(20)24-33-34-25(41-24)35-7-9-36(10-8-35)26(39)40-27(2,3)4/h5-6,11-12,14-16H,7-10H2,1-4H3,(H2,29,38)(H,30,32)/t16-/m1/s1. The monoisotopic (exact) mass is 574 g/mol. The van der Waals surface area contributed by atoms with Crippen LogP contribution in [0.25, 0.3) is 27.5 Å². The maximum atomic E-state index is 12.4. The van der Waals surface area contributed by atoms with E-state index in [1.807, 2.05) is 39.0 Å².